The zero-order valence-corrected chi connectivity index (χ0v) is 16.4. The molecule has 2 aliphatic carbocycles. The van der Waals surface area contributed by atoms with Gasteiger partial charge in [-0.05, 0) is 55.8 Å². The molecule has 2 aliphatic rings. The molecule has 2 rings (SSSR count). The van der Waals surface area contributed by atoms with Crippen LogP contribution in [0, 0.1) is 23.7 Å². The van der Waals surface area contributed by atoms with Crippen LogP contribution >= 0.6 is 0 Å². The summed E-state index contributed by atoms with van der Waals surface area (Å²) >= 11 is 0. The van der Waals surface area contributed by atoms with Gasteiger partial charge in [0.1, 0.15) is 0 Å². The molecule has 0 amide bonds. The Morgan fingerprint density at radius 2 is 0.880 bits per heavy atom. The van der Waals surface area contributed by atoms with Crippen LogP contribution in [0.4, 0.5) is 0 Å². The van der Waals surface area contributed by atoms with Crippen LogP contribution in [0.15, 0.2) is 12.2 Å². The quantitative estimate of drug-likeness (QED) is 0.270. The monoisotopic (exact) mass is 350 g/mol. The van der Waals surface area contributed by atoms with E-state index in [1.54, 1.807) is 0 Å². The first kappa shape index (κ1) is 21.0. The average Bonchev–Trinajstić information content (AvgIpc) is 3.22. The zero-order valence-electron chi connectivity index (χ0n) is 16.4. The Hall–Kier alpha value is -0.340. The molecule has 25 heavy (non-hydrogen) atoms. The van der Waals surface area contributed by atoms with Crippen LogP contribution in [0.25, 0.3) is 0 Å². The largest absolute Gasteiger partial charge is 0.396 e. The van der Waals surface area contributed by atoms with Crippen molar-refractivity contribution in [3.05, 3.63) is 12.2 Å². The summed E-state index contributed by atoms with van der Waals surface area (Å²) in [4.78, 5) is 0. The number of allylic oxidation sites excluding steroid dienone is 2. The molecule has 0 radical (unpaired) electrons. The summed E-state index contributed by atoms with van der Waals surface area (Å²) in [6.07, 6.45) is 24.7. The Morgan fingerprint density at radius 3 is 1.28 bits per heavy atom. The molecule has 4 atom stereocenters. The molecular formula is C23H42O2. The first-order valence-corrected chi connectivity index (χ1v) is 11.3. The Morgan fingerprint density at radius 1 is 0.520 bits per heavy atom. The third kappa shape index (κ3) is 7.43. The van der Waals surface area contributed by atoms with Crippen LogP contribution in [0.1, 0.15) is 96.3 Å². The first-order chi connectivity index (χ1) is 12.4. The summed E-state index contributed by atoms with van der Waals surface area (Å²) in [5.74, 6) is 3.74. The second-order valence-electron chi connectivity index (χ2n) is 8.54. The van der Waals surface area contributed by atoms with E-state index < -0.39 is 0 Å². The molecule has 0 aliphatic heterocycles. The normalized spacial score (nSPS) is 27.4. The molecule has 2 N–H and O–H groups in total. The molecule has 2 heteroatoms. The fourth-order valence-corrected chi connectivity index (χ4v) is 5.28. The van der Waals surface area contributed by atoms with Crippen molar-refractivity contribution in [2.45, 2.75) is 96.3 Å². The standard InChI is InChI=1S/C23H42O2/c24-17-11-7-3-1-5-9-13-22-20-15-16-21(19-20)23(22)14-10-6-2-4-8-12-18-25/h15-16,20-25H,1-14,17-19H2. The van der Waals surface area contributed by atoms with E-state index in [1.807, 2.05) is 0 Å². The molecule has 0 saturated heterocycles. The molecule has 0 aromatic rings. The second-order valence-corrected chi connectivity index (χ2v) is 8.54. The molecule has 1 fully saturated rings. The number of aliphatic hydroxyl groups excluding tert-OH is 2. The van der Waals surface area contributed by atoms with E-state index in [0.717, 1.165) is 36.5 Å². The zero-order chi connectivity index (χ0) is 17.7. The van der Waals surface area contributed by atoms with Gasteiger partial charge in [-0.15, -0.1) is 0 Å². The van der Waals surface area contributed by atoms with Gasteiger partial charge in [0, 0.05) is 13.2 Å². The third-order valence-corrected chi connectivity index (χ3v) is 6.69. The van der Waals surface area contributed by atoms with E-state index in [4.69, 9.17) is 10.2 Å². The van der Waals surface area contributed by atoms with E-state index in [1.165, 1.54) is 83.5 Å². The van der Waals surface area contributed by atoms with Crippen LogP contribution in [0.3, 0.4) is 0 Å². The van der Waals surface area contributed by atoms with Gasteiger partial charge in [0.25, 0.3) is 0 Å². The van der Waals surface area contributed by atoms with Gasteiger partial charge >= 0.3 is 0 Å². The van der Waals surface area contributed by atoms with Gasteiger partial charge in [-0.3, -0.25) is 0 Å². The predicted octanol–water partition coefficient (Wildman–Crippen LogP) is 5.87. The highest BCUT2D eigenvalue weighted by atomic mass is 16.3. The highest BCUT2D eigenvalue weighted by Gasteiger charge is 2.42. The van der Waals surface area contributed by atoms with Crippen molar-refractivity contribution < 1.29 is 10.2 Å². The lowest BCUT2D eigenvalue weighted by molar-refractivity contribution is 0.258. The summed E-state index contributed by atoms with van der Waals surface area (Å²) in [6, 6.07) is 0. The maximum absolute atomic E-state index is 8.83. The van der Waals surface area contributed by atoms with Crippen LogP contribution in [0.5, 0.6) is 0 Å². The lowest BCUT2D eigenvalue weighted by Gasteiger charge is -2.28. The number of hydrogen-bond donors (Lipinski definition) is 2. The minimum absolute atomic E-state index is 0.362. The van der Waals surface area contributed by atoms with E-state index in [9.17, 15) is 0 Å². The van der Waals surface area contributed by atoms with Crippen molar-refractivity contribution in [2.24, 2.45) is 23.7 Å². The molecule has 2 nitrogen and oxygen atoms in total. The predicted molar refractivity (Wildman–Crippen MR) is 107 cm³/mol. The maximum Gasteiger partial charge on any atom is 0.0431 e. The number of hydrogen-bond acceptors (Lipinski definition) is 2. The topological polar surface area (TPSA) is 40.5 Å². The summed E-state index contributed by atoms with van der Waals surface area (Å²) in [5.41, 5.74) is 0. The average molecular weight is 351 g/mol. The molecule has 4 unspecified atom stereocenters. The van der Waals surface area contributed by atoms with E-state index in [-0.39, 0.29) is 0 Å². The Bertz CT molecular complexity index is 320. The van der Waals surface area contributed by atoms with Crippen molar-refractivity contribution in [1.29, 1.82) is 0 Å². The summed E-state index contributed by atoms with van der Waals surface area (Å²) in [5, 5.41) is 17.7. The Kier molecular flexibility index (Phi) is 10.8. The third-order valence-electron chi connectivity index (χ3n) is 6.69. The maximum atomic E-state index is 8.83. The first-order valence-electron chi connectivity index (χ1n) is 11.3. The summed E-state index contributed by atoms with van der Waals surface area (Å²) in [6.45, 7) is 0.723. The Balaban J connectivity index is 1.56. The van der Waals surface area contributed by atoms with Crippen molar-refractivity contribution in [2.75, 3.05) is 13.2 Å². The van der Waals surface area contributed by atoms with Crippen molar-refractivity contribution >= 4 is 0 Å². The molecule has 1 saturated carbocycles. The van der Waals surface area contributed by atoms with Gasteiger partial charge in [-0.2, -0.15) is 0 Å². The van der Waals surface area contributed by atoms with Crippen LogP contribution in [0.2, 0.25) is 0 Å². The molecule has 0 aromatic carbocycles. The van der Waals surface area contributed by atoms with Gasteiger partial charge in [-0.1, -0.05) is 76.4 Å². The Labute approximate surface area is 156 Å². The fourth-order valence-electron chi connectivity index (χ4n) is 5.28. The minimum atomic E-state index is 0.362. The SMILES string of the molecule is OCCCCCCCCC1C2C=CC(C2)C1CCCCCCCCO. The lowest BCUT2D eigenvalue weighted by Crippen LogP contribution is -2.19. The van der Waals surface area contributed by atoms with Gasteiger partial charge in [0.15, 0.2) is 0 Å². The smallest absolute Gasteiger partial charge is 0.0431 e. The highest BCUT2D eigenvalue weighted by Crippen LogP contribution is 2.51. The molecular weight excluding hydrogens is 308 g/mol. The van der Waals surface area contributed by atoms with Crippen LogP contribution < -0.4 is 0 Å². The molecule has 2 bridgehead atoms. The number of fused-ring (bicyclic) bond motifs is 2. The fraction of sp³-hybridized carbons (Fsp3) is 0.913. The lowest BCUT2D eigenvalue weighted by atomic mass is 9.77. The van der Waals surface area contributed by atoms with Crippen LogP contribution in [-0.2, 0) is 0 Å². The molecule has 0 spiro atoms. The van der Waals surface area contributed by atoms with E-state index >= 15 is 0 Å². The van der Waals surface area contributed by atoms with E-state index in [0.29, 0.717) is 13.2 Å². The van der Waals surface area contributed by atoms with E-state index in [2.05, 4.69) is 12.2 Å². The molecule has 0 heterocycles. The van der Waals surface area contributed by atoms with Crippen molar-refractivity contribution in [3.8, 4) is 0 Å². The van der Waals surface area contributed by atoms with Crippen molar-refractivity contribution in [3.63, 3.8) is 0 Å². The highest BCUT2D eigenvalue weighted by molar-refractivity contribution is 5.13. The number of unbranched alkanes of at least 4 members (excludes halogenated alkanes) is 10. The second kappa shape index (κ2) is 12.9. The van der Waals surface area contributed by atoms with Crippen molar-refractivity contribution in [1.82, 2.24) is 0 Å². The van der Waals surface area contributed by atoms with Gasteiger partial charge < -0.3 is 10.2 Å². The molecule has 0 aromatic heterocycles. The number of aliphatic hydroxyl groups is 2. The molecule has 146 valence electrons. The number of rotatable bonds is 16. The minimum Gasteiger partial charge on any atom is -0.396 e. The summed E-state index contributed by atoms with van der Waals surface area (Å²) < 4.78 is 0. The summed E-state index contributed by atoms with van der Waals surface area (Å²) in [7, 11) is 0. The van der Waals surface area contributed by atoms with Gasteiger partial charge in [0.2, 0.25) is 0 Å². The van der Waals surface area contributed by atoms with Gasteiger partial charge in [0.05, 0.1) is 0 Å². The van der Waals surface area contributed by atoms with Crippen LogP contribution in [-0.4, -0.2) is 23.4 Å². The van der Waals surface area contributed by atoms with Gasteiger partial charge in [-0.25, -0.2) is 0 Å².